The first-order chi connectivity index (χ1) is 25.9. The summed E-state index contributed by atoms with van der Waals surface area (Å²) < 4.78 is 245. The third kappa shape index (κ3) is 5.23. The van der Waals surface area contributed by atoms with Crippen molar-refractivity contribution in [1.29, 1.82) is 5.26 Å². The molecule has 3 fully saturated rings. The van der Waals surface area contributed by atoms with Gasteiger partial charge in [0.15, 0.2) is 0 Å². The molecule has 9 nitrogen and oxygen atoms in total. The quantitative estimate of drug-likeness (QED) is 0.479. The molecular formula is C23H32F3N5O4. The van der Waals surface area contributed by atoms with Gasteiger partial charge in [-0.1, -0.05) is 34.3 Å². The van der Waals surface area contributed by atoms with Gasteiger partial charge >= 0.3 is 12.1 Å². The molecule has 3 aliphatic rings. The first kappa shape index (κ1) is 8.92. The highest BCUT2D eigenvalue weighted by molar-refractivity contribution is 5.95. The van der Waals surface area contributed by atoms with E-state index in [1.165, 1.54) is 5.32 Å². The van der Waals surface area contributed by atoms with Crippen LogP contribution in [0.1, 0.15) is 81.3 Å². The third-order valence-electron chi connectivity index (χ3n) is 5.09. The first-order valence-corrected chi connectivity index (χ1v) is 9.23. The van der Waals surface area contributed by atoms with Crippen molar-refractivity contribution in [2.24, 2.45) is 28.6 Å². The third-order valence-corrected chi connectivity index (χ3v) is 5.09. The SMILES string of the molecule is [2H]C([2H])([2H])C1(C([2H])([2H])[2H])[C@H]2[C@@H]1CN(C(=O)[C@@]([2H])(NC(=O)C(F)(F)F)C(C([2H])([2H])[2H])(C([2H])([2H])[2H])C([2H])([2H])[2H])[C@]2([2H])C(=O)N[C@]([2H])(C#N)C([2H])([2H])[C@@]1([2H])C(=O)NC([2H])([2H])C1([2H])[2H]. The van der Waals surface area contributed by atoms with E-state index in [9.17, 15) is 39.0 Å². The Morgan fingerprint density at radius 1 is 1.40 bits per heavy atom. The van der Waals surface area contributed by atoms with E-state index >= 15 is 0 Å². The number of alkyl halides is 3. The average Bonchev–Trinajstić information content (AvgIpc) is 3.58. The monoisotopic (exact) mass is 524 g/mol. The van der Waals surface area contributed by atoms with E-state index in [2.05, 4.69) is 0 Å². The molecule has 2 heterocycles. The van der Waals surface area contributed by atoms with E-state index in [0.29, 0.717) is 11.4 Å². The lowest BCUT2D eigenvalue weighted by Gasteiger charge is -2.37. The van der Waals surface area contributed by atoms with Crippen LogP contribution in [0.3, 0.4) is 0 Å². The predicted molar refractivity (Wildman–Crippen MR) is 117 cm³/mol. The number of halogens is 3. The summed E-state index contributed by atoms with van der Waals surface area (Å²) in [5, 5.41) is 12.8. The molecule has 194 valence electrons. The Kier molecular flexibility index (Phi) is 2.29. The maximum absolute atomic E-state index is 14.7. The minimum Gasteiger partial charge on any atom is -0.356 e. The van der Waals surface area contributed by atoms with Crippen molar-refractivity contribution in [3.8, 4) is 6.07 Å². The van der Waals surface area contributed by atoms with Gasteiger partial charge in [0.1, 0.15) is 18.1 Å². The largest absolute Gasteiger partial charge is 0.471 e. The van der Waals surface area contributed by atoms with Crippen molar-refractivity contribution >= 4 is 23.6 Å². The molecule has 0 unspecified atom stereocenters. The highest BCUT2D eigenvalue weighted by Gasteiger charge is 2.70. The van der Waals surface area contributed by atoms with Crippen molar-refractivity contribution in [1.82, 2.24) is 20.9 Å². The highest BCUT2D eigenvalue weighted by atomic mass is 19.4. The van der Waals surface area contributed by atoms with Gasteiger partial charge in [-0.25, -0.2) is 0 Å². The van der Waals surface area contributed by atoms with Gasteiger partial charge in [0, 0.05) is 49.1 Å². The lowest BCUT2D eigenvalue weighted by atomic mass is 9.85. The van der Waals surface area contributed by atoms with Crippen LogP contribution in [-0.4, -0.2) is 65.8 Å². The number of amides is 4. The van der Waals surface area contributed by atoms with Gasteiger partial charge in [-0.05, 0) is 35.4 Å². The molecule has 3 rings (SSSR count). The first-order valence-electron chi connectivity index (χ1n) is 21.7. The number of nitriles is 1. The standard InChI is InChI=1S/C23H32F3N5O4/c1-21(2,3)16(30-20(35)23(24,25)26)19(34)31-10-13-14(22(13,4)5)15(31)18(33)29-12(9-27)8-11-6-7-28-17(11)32/h11-16H,6-8,10H2,1-5H3,(H,28,32)(H,29,33)(H,30,35)/t11-,12-,13-,14-,15-,16+/m0/s1/i1D3,2D3,3D3,4D3,5D3,6D2,7D2,8D2,11D,12D,15D,16D. The van der Waals surface area contributed by atoms with Crippen LogP contribution >= 0.6 is 0 Å². The summed E-state index contributed by atoms with van der Waals surface area (Å²) in [5.74, 6) is -21.2. The summed E-state index contributed by atoms with van der Waals surface area (Å²) in [6, 6.07) is -13.5. The zero-order valence-corrected chi connectivity index (χ0v) is 17.0. The van der Waals surface area contributed by atoms with Crippen molar-refractivity contribution in [3.63, 3.8) is 0 Å². The molecule has 35 heavy (non-hydrogen) atoms. The van der Waals surface area contributed by atoms with Gasteiger partial charge in [-0.2, -0.15) is 18.4 Å². The van der Waals surface area contributed by atoms with Gasteiger partial charge in [0.25, 0.3) is 0 Å². The summed E-state index contributed by atoms with van der Waals surface area (Å²) >= 11 is 0. The molecule has 3 N–H and O–H groups in total. The van der Waals surface area contributed by atoms with Crippen LogP contribution in [0.2, 0.25) is 0 Å². The minimum absolute atomic E-state index is 0.404. The molecular weight excluding hydrogens is 467 g/mol. The maximum Gasteiger partial charge on any atom is 0.471 e. The summed E-state index contributed by atoms with van der Waals surface area (Å²) in [7, 11) is 0. The predicted octanol–water partition coefficient (Wildman–Crippen LogP) is 1.10. The Hall–Kier alpha value is -2.84. The van der Waals surface area contributed by atoms with E-state index in [-0.39, 0.29) is 0 Å². The number of piperidine rings is 1. The number of nitrogens with zero attached hydrogens (tertiary/aromatic N) is 2. The van der Waals surface area contributed by atoms with Crippen LogP contribution in [0.15, 0.2) is 0 Å². The van der Waals surface area contributed by atoms with Gasteiger partial charge in [0.2, 0.25) is 17.7 Å². The zero-order chi connectivity index (χ0) is 48.1. The fourth-order valence-electron chi connectivity index (χ4n) is 3.41. The molecule has 4 amide bonds. The van der Waals surface area contributed by atoms with Crippen LogP contribution in [0, 0.1) is 39.9 Å². The number of hydrogen-bond acceptors (Lipinski definition) is 5. The summed E-state index contributed by atoms with van der Waals surface area (Å²) in [6.45, 7) is -28.0. The maximum atomic E-state index is 14.7. The molecule has 0 bridgehead atoms. The number of fused-ring (bicyclic) bond motifs is 1. The molecule has 1 saturated carbocycles. The average molecular weight is 525 g/mol. The van der Waals surface area contributed by atoms with Crippen LogP contribution in [0.25, 0.3) is 0 Å². The number of rotatable bonds is 6. The van der Waals surface area contributed by atoms with Crippen LogP contribution in [0.4, 0.5) is 13.2 Å². The van der Waals surface area contributed by atoms with E-state index in [1.807, 2.05) is 0 Å². The fraction of sp³-hybridized carbons (Fsp3) is 0.783. The van der Waals surface area contributed by atoms with E-state index in [4.69, 9.17) is 32.9 Å². The molecule has 0 spiro atoms. The molecule has 0 aromatic heterocycles. The molecule has 12 heteroatoms. The molecule has 2 saturated heterocycles. The molecule has 0 aromatic carbocycles. The summed E-state index contributed by atoms with van der Waals surface area (Å²) in [4.78, 5) is 53.6. The Morgan fingerprint density at radius 3 is 2.60 bits per heavy atom. The van der Waals surface area contributed by atoms with Crippen molar-refractivity contribution < 1.29 is 66.6 Å². The normalized spacial score (nSPS) is 50.5. The Bertz CT molecular complexity index is 1840. The van der Waals surface area contributed by atoms with Crippen LogP contribution in [-0.2, 0) is 19.2 Å². The number of likely N-dealkylation sites (tertiary alicyclic amines) is 1. The van der Waals surface area contributed by atoms with Crippen LogP contribution < -0.4 is 16.0 Å². The molecule has 1 aliphatic carbocycles. The molecule has 0 radical (unpaired) electrons. The smallest absolute Gasteiger partial charge is 0.356 e. The zero-order valence-electron chi connectivity index (χ0n) is 42.0. The lowest BCUT2D eigenvalue weighted by molar-refractivity contribution is -0.176. The molecule has 0 aromatic rings. The van der Waals surface area contributed by atoms with Gasteiger partial charge < -0.3 is 20.9 Å². The summed E-state index contributed by atoms with van der Waals surface area (Å²) in [6.07, 6.45) is -15.0. The second-order valence-electron chi connectivity index (χ2n) is 7.48. The Balaban J connectivity index is 2.52. The van der Waals surface area contributed by atoms with Crippen molar-refractivity contribution in [2.75, 3.05) is 13.0 Å². The van der Waals surface area contributed by atoms with Crippen molar-refractivity contribution in [2.45, 2.75) is 71.2 Å². The molecule has 6 atom stereocenters. The van der Waals surface area contributed by atoms with E-state index in [0.717, 1.165) is 5.32 Å². The lowest BCUT2D eigenvalue weighted by Crippen LogP contribution is -2.61. The van der Waals surface area contributed by atoms with E-state index in [1.54, 1.807) is 0 Å². The fourth-order valence-corrected chi connectivity index (χ4v) is 3.41. The summed E-state index contributed by atoms with van der Waals surface area (Å²) in [5.41, 5.74) is -8.68. The van der Waals surface area contributed by atoms with Gasteiger partial charge in [0.05, 0.1) is 10.2 Å². The van der Waals surface area contributed by atoms with Gasteiger partial charge in [-0.15, -0.1) is 0 Å². The van der Waals surface area contributed by atoms with Crippen molar-refractivity contribution in [3.05, 3.63) is 0 Å². The highest BCUT2D eigenvalue weighted by Crippen LogP contribution is 2.65. The second-order valence-corrected chi connectivity index (χ2v) is 7.48. The van der Waals surface area contributed by atoms with E-state index < -0.39 is 141 Å². The number of carbonyl (C=O) groups excluding carboxylic acids is 4. The number of hydrogen-bond donors (Lipinski definition) is 3. The Labute approximate surface area is 237 Å². The minimum atomic E-state index is -6.33. The Morgan fingerprint density at radius 2 is 2.09 bits per heavy atom. The number of carbonyl (C=O) groups is 4. The topological polar surface area (TPSA) is 131 Å². The second kappa shape index (κ2) is 8.99. The number of nitrogens with one attached hydrogen (secondary N) is 3. The molecule has 2 aliphatic heterocycles. The van der Waals surface area contributed by atoms with Gasteiger partial charge in [-0.3, -0.25) is 19.2 Å². The van der Waals surface area contributed by atoms with Crippen LogP contribution in [0.5, 0.6) is 0 Å².